The van der Waals surface area contributed by atoms with Crippen molar-refractivity contribution in [2.24, 2.45) is 0 Å². The van der Waals surface area contributed by atoms with E-state index >= 15 is 0 Å². The van der Waals surface area contributed by atoms with Crippen molar-refractivity contribution in [3.63, 3.8) is 0 Å². The van der Waals surface area contributed by atoms with Crippen LogP contribution in [0.4, 0.5) is 11.6 Å². The van der Waals surface area contributed by atoms with Crippen LogP contribution in [0.3, 0.4) is 0 Å². The van der Waals surface area contributed by atoms with Crippen LogP contribution in [0.2, 0.25) is 0 Å². The van der Waals surface area contributed by atoms with Crippen molar-refractivity contribution >= 4 is 33.5 Å². The number of rotatable bonds is 7. The van der Waals surface area contributed by atoms with Crippen LogP contribution in [-0.4, -0.2) is 48.0 Å². The molecular formula is C17H22BrN5O. The zero-order valence-electron chi connectivity index (χ0n) is 14.1. The second-order valence-electron chi connectivity index (χ2n) is 5.77. The molecule has 0 saturated heterocycles. The third-order valence-electron chi connectivity index (χ3n) is 3.38. The van der Waals surface area contributed by atoms with Crippen LogP contribution in [0, 0.1) is 6.92 Å². The van der Waals surface area contributed by atoms with Gasteiger partial charge in [-0.05, 0) is 57.7 Å². The van der Waals surface area contributed by atoms with Gasteiger partial charge in [-0.1, -0.05) is 22.0 Å². The number of aromatic nitrogens is 2. The summed E-state index contributed by atoms with van der Waals surface area (Å²) >= 11 is 3.49. The predicted octanol–water partition coefficient (Wildman–Crippen LogP) is 2.97. The number of benzene rings is 1. The van der Waals surface area contributed by atoms with Gasteiger partial charge in [-0.2, -0.15) is 0 Å². The molecule has 1 amide bonds. The Morgan fingerprint density at radius 3 is 2.79 bits per heavy atom. The van der Waals surface area contributed by atoms with Crippen LogP contribution in [0.5, 0.6) is 0 Å². The van der Waals surface area contributed by atoms with E-state index in [2.05, 4.69) is 41.4 Å². The fourth-order valence-electron chi connectivity index (χ4n) is 2.03. The molecule has 128 valence electrons. The van der Waals surface area contributed by atoms with Crippen LogP contribution < -0.4 is 10.6 Å². The number of carbonyl (C=O) groups is 1. The van der Waals surface area contributed by atoms with Crippen molar-refractivity contribution in [3.8, 4) is 0 Å². The average Bonchev–Trinajstić information content (AvgIpc) is 2.55. The quantitative estimate of drug-likeness (QED) is 0.709. The van der Waals surface area contributed by atoms with E-state index in [0.29, 0.717) is 18.2 Å². The van der Waals surface area contributed by atoms with Crippen LogP contribution in [0.1, 0.15) is 22.5 Å². The first kappa shape index (κ1) is 18.4. The van der Waals surface area contributed by atoms with E-state index in [-0.39, 0.29) is 5.91 Å². The summed E-state index contributed by atoms with van der Waals surface area (Å²) in [6, 6.07) is 7.50. The van der Waals surface area contributed by atoms with Crippen LogP contribution in [0.15, 0.2) is 34.9 Å². The molecule has 2 N–H and O–H groups in total. The largest absolute Gasteiger partial charge is 0.351 e. The Hall–Kier alpha value is -1.99. The fourth-order valence-corrected chi connectivity index (χ4v) is 2.41. The van der Waals surface area contributed by atoms with E-state index in [0.717, 1.165) is 28.7 Å². The number of anilines is 2. The summed E-state index contributed by atoms with van der Waals surface area (Å²) in [5.41, 5.74) is 2.35. The van der Waals surface area contributed by atoms with Crippen molar-refractivity contribution in [2.75, 3.05) is 32.5 Å². The molecule has 0 aliphatic rings. The highest BCUT2D eigenvalue weighted by molar-refractivity contribution is 9.10. The zero-order valence-corrected chi connectivity index (χ0v) is 15.7. The first-order chi connectivity index (χ1) is 11.5. The minimum absolute atomic E-state index is 0.190. The third-order valence-corrected chi connectivity index (χ3v) is 4.24. The number of nitrogens with one attached hydrogen (secondary N) is 2. The smallest absolute Gasteiger partial charge is 0.270 e. The molecule has 1 heterocycles. The van der Waals surface area contributed by atoms with Crippen molar-refractivity contribution in [3.05, 3.63) is 46.2 Å². The van der Waals surface area contributed by atoms with Gasteiger partial charge in [0, 0.05) is 22.9 Å². The van der Waals surface area contributed by atoms with Gasteiger partial charge in [-0.3, -0.25) is 4.79 Å². The lowest BCUT2D eigenvalue weighted by Gasteiger charge is -2.10. The minimum Gasteiger partial charge on any atom is -0.351 e. The van der Waals surface area contributed by atoms with Gasteiger partial charge in [0.1, 0.15) is 5.69 Å². The summed E-state index contributed by atoms with van der Waals surface area (Å²) in [4.78, 5) is 22.7. The summed E-state index contributed by atoms with van der Waals surface area (Å²) in [6.07, 6.45) is 2.47. The van der Waals surface area contributed by atoms with Gasteiger partial charge in [-0.25, -0.2) is 9.97 Å². The van der Waals surface area contributed by atoms with Crippen molar-refractivity contribution < 1.29 is 4.79 Å². The molecule has 0 atom stereocenters. The first-order valence-electron chi connectivity index (χ1n) is 7.75. The molecule has 0 bridgehead atoms. The van der Waals surface area contributed by atoms with Crippen LogP contribution >= 0.6 is 15.9 Å². The van der Waals surface area contributed by atoms with E-state index in [4.69, 9.17) is 0 Å². The molecule has 7 heteroatoms. The van der Waals surface area contributed by atoms with Crippen molar-refractivity contribution in [1.29, 1.82) is 0 Å². The number of amides is 1. The normalized spacial score (nSPS) is 10.7. The molecule has 0 fully saturated rings. The number of hydrogen-bond donors (Lipinski definition) is 2. The summed E-state index contributed by atoms with van der Waals surface area (Å²) < 4.78 is 1.00. The second-order valence-corrected chi connectivity index (χ2v) is 6.62. The Kier molecular flexibility index (Phi) is 6.69. The van der Waals surface area contributed by atoms with Gasteiger partial charge in [0.15, 0.2) is 0 Å². The van der Waals surface area contributed by atoms with Crippen LogP contribution in [0.25, 0.3) is 0 Å². The second kappa shape index (κ2) is 8.75. The molecule has 1 aromatic heterocycles. The van der Waals surface area contributed by atoms with E-state index in [1.165, 1.54) is 0 Å². The molecule has 0 saturated carbocycles. The number of nitrogens with zero attached hydrogens (tertiary/aromatic N) is 3. The number of aryl methyl sites for hydroxylation is 1. The molecule has 0 unspecified atom stereocenters. The molecular weight excluding hydrogens is 370 g/mol. The summed E-state index contributed by atoms with van der Waals surface area (Å²) in [7, 11) is 4.02. The number of hydrogen-bond acceptors (Lipinski definition) is 5. The fraction of sp³-hybridized carbons (Fsp3) is 0.353. The maximum Gasteiger partial charge on any atom is 0.270 e. The molecule has 6 nitrogen and oxygen atoms in total. The SMILES string of the molecule is Cc1ccc(Nc2nccc(C(=O)NCCCN(C)C)n2)cc1Br. The topological polar surface area (TPSA) is 70.2 Å². The van der Waals surface area contributed by atoms with Gasteiger partial charge < -0.3 is 15.5 Å². The zero-order chi connectivity index (χ0) is 17.5. The maximum atomic E-state index is 12.1. The molecule has 0 aliphatic heterocycles. The first-order valence-corrected chi connectivity index (χ1v) is 8.54. The Labute approximate surface area is 150 Å². The Morgan fingerprint density at radius 1 is 1.29 bits per heavy atom. The third kappa shape index (κ3) is 5.58. The van der Waals surface area contributed by atoms with E-state index in [1.807, 2.05) is 39.2 Å². The molecule has 0 spiro atoms. The van der Waals surface area contributed by atoms with Gasteiger partial charge in [-0.15, -0.1) is 0 Å². The molecule has 0 radical (unpaired) electrons. The molecule has 0 aliphatic carbocycles. The number of halogens is 1. The summed E-state index contributed by atoms with van der Waals surface area (Å²) in [5.74, 6) is 0.205. The lowest BCUT2D eigenvalue weighted by Crippen LogP contribution is -2.28. The van der Waals surface area contributed by atoms with Crippen LogP contribution in [-0.2, 0) is 0 Å². The Bertz CT molecular complexity index is 705. The van der Waals surface area contributed by atoms with Gasteiger partial charge in [0.2, 0.25) is 5.95 Å². The van der Waals surface area contributed by atoms with Crippen molar-refractivity contribution in [2.45, 2.75) is 13.3 Å². The van der Waals surface area contributed by atoms with Gasteiger partial charge in [0.05, 0.1) is 0 Å². The Morgan fingerprint density at radius 2 is 2.08 bits per heavy atom. The molecule has 2 rings (SSSR count). The standard InChI is InChI=1S/C17H22BrN5O/c1-12-5-6-13(11-14(12)18)21-17-20-9-7-15(22-17)16(24)19-8-4-10-23(2)3/h5-7,9,11H,4,8,10H2,1-3H3,(H,19,24)(H,20,21,22). The predicted molar refractivity (Wildman–Crippen MR) is 99.7 cm³/mol. The molecule has 24 heavy (non-hydrogen) atoms. The minimum atomic E-state index is -0.190. The lowest BCUT2D eigenvalue weighted by molar-refractivity contribution is 0.0947. The molecule has 1 aromatic carbocycles. The Balaban J connectivity index is 1.97. The highest BCUT2D eigenvalue weighted by Crippen LogP contribution is 2.22. The monoisotopic (exact) mass is 391 g/mol. The van der Waals surface area contributed by atoms with Crippen molar-refractivity contribution in [1.82, 2.24) is 20.2 Å². The van der Waals surface area contributed by atoms with Gasteiger partial charge in [0.25, 0.3) is 5.91 Å². The summed E-state index contributed by atoms with van der Waals surface area (Å²) in [6.45, 7) is 3.57. The highest BCUT2D eigenvalue weighted by atomic mass is 79.9. The highest BCUT2D eigenvalue weighted by Gasteiger charge is 2.09. The molecule has 2 aromatic rings. The summed E-state index contributed by atoms with van der Waals surface area (Å²) in [5, 5.41) is 5.98. The average molecular weight is 392 g/mol. The lowest BCUT2D eigenvalue weighted by atomic mass is 10.2. The van der Waals surface area contributed by atoms with E-state index in [9.17, 15) is 4.79 Å². The van der Waals surface area contributed by atoms with E-state index in [1.54, 1.807) is 12.3 Å². The van der Waals surface area contributed by atoms with E-state index < -0.39 is 0 Å². The maximum absolute atomic E-state index is 12.1. The van der Waals surface area contributed by atoms with Gasteiger partial charge >= 0.3 is 0 Å². The number of carbonyl (C=O) groups excluding carboxylic acids is 1.